The van der Waals surface area contributed by atoms with E-state index in [1.807, 2.05) is 28.4 Å². The molecule has 4 aromatic heterocycles. The number of carbonyl (C=O) groups excluding carboxylic acids is 1. The summed E-state index contributed by atoms with van der Waals surface area (Å²) >= 11 is 0. The van der Waals surface area contributed by atoms with Crippen molar-refractivity contribution in [2.75, 3.05) is 10.6 Å². The molecule has 0 aromatic carbocycles. The van der Waals surface area contributed by atoms with Crippen LogP contribution in [-0.2, 0) is 17.3 Å². The van der Waals surface area contributed by atoms with E-state index < -0.39 is 0 Å². The summed E-state index contributed by atoms with van der Waals surface area (Å²) in [6, 6.07) is 7.21. The molecule has 1 aliphatic rings. The number of hydrogen-bond acceptors (Lipinski definition) is 8. The largest absolute Gasteiger partial charge is 0.455 e. The summed E-state index contributed by atoms with van der Waals surface area (Å²) in [6.45, 7) is 7.86. The smallest absolute Gasteiger partial charge is 0.222 e. The van der Waals surface area contributed by atoms with Crippen LogP contribution in [0.1, 0.15) is 58.7 Å². The number of pyridine rings is 2. The lowest BCUT2D eigenvalue weighted by Gasteiger charge is -2.25. The van der Waals surface area contributed by atoms with E-state index in [2.05, 4.69) is 46.4 Å². The Morgan fingerprint density at radius 1 is 1.14 bits per heavy atom. The van der Waals surface area contributed by atoms with E-state index in [4.69, 9.17) is 9.84 Å². The van der Waals surface area contributed by atoms with Crippen LogP contribution < -0.4 is 15.4 Å². The van der Waals surface area contributed by atoms with Crippen LogP contribution in [0, 0.1) is 0 Å². The molecular weight excluding hydrogens is 472 g/mol. The third-order valence-corrected chi connectivity index (χ3v) is 6.49. The van der Waals surface area contributed by atoms with Crippen LogP contribution in [0.25, 0.3) is 11.2 Å². The highest BCUT2D eigenvalue weighted by atomic mass is 16.5. The zero-order valence-corrected chi connectivity index (χ0v) is 21.7. The van der Waals surface area contributed by atoms with Crippen molar-refractivity contribution < 1.29 is 14.6 Å². The molecule has 37 heavy (non-hydrogen) atoms. The van der Waals surface area contributed by atoms with Crippen molar-refractivity contribution in [1.29, 1.82) is 0 Å². The first-order chi connectivity index (χ1) is 17.6. The van der Waals surface area contributed by atoms with Gasteiger partial charge in [-0.2, -0.15) is 10.1 Å². The van der Waals surface area contributed by atoms with Crippen LogP contribution in [0.3, 0.4) is 0 Å². The van der Waals surface area contributed by atoms with Gasteiger partial charge in [-0.1, -0.05) is 20.8 Å². The van der Waals surface area contributed by atoms with E-state index in [0.717, 1.165) is 30.5 Å². The molecule has 11 nitrogen and oxygen atoms in total. The highest BCUT2D eigenvalue weighted by Crippen LogP contribution is 2.36. The van der Waals surface area contributed by atoms with Gasteiger partial charge in [0.15, 0.2) is 11.5 Å². The molecule has 0 spiro atoms. The normalized spacial score (nSPS) is 17.8. The van der Waals surface area contributed by atoms with Gasteiger partial charge >= 0.3 is 0 Å². The topological polar surface area (TPSA) is 132 Å². The highest BCUT2D eigenvalue weighted by Gasteiger charge is 2.32. The van der Waals surface area contributed by atoms with Crippen molar-refractivity contribution in [3.8, 4) is 11.5 Å². The molecule has 0 saturated heterocycles. The number of ether oxygens (including phenoxy) is 1. The van der Waals surface area contributed by atoms with Crippen LogP contribution in [-0.4, -0.2) is 46.4 Å². The molecule has 0 bridgehead atoms. The van der Waals surface area contributed by atoms with Crippen molar-refractivity contribution in [2.24, 2.45) is 7.05 Å². The molecule has 5 rings (SSSR count). The highest BCUT2D eigenvalue weighted by molar-refractivity contribution is 5.87. The molecule has 11 heteroatoms. The fraction of sp³-hybridized carbons (Fsp3) is 0.423. The van der Waals surface area contributed by atoms with Crippen LogP contribution >= 0.6 is 0 Å². The summed E-state index contributed by atoms with van der Waals surface area (Å²) in [7, 11) is 1.90. The zero-order valence-electron chi connectivity index (χ0n) is 21.7. The molecule has 0 unspecified atom stereocenters. The Balaban J connectivity index is 1.41. The zero-order chi connectivity index (χ0) is 26.3. The molecular formula is C26H32N8O3. The number of amides is 1. The molecule has 1 fully saturated rings. The Morgan fingerprint density at radius 2 is 1.95 bits per heavy atom. The fourth-order valence-corrected chi connectivity index (χ4v) is 4.67. The van der Waals surface area contributed by atoms with E-state index in [9.17, 15) is 9.90 Å². The number of aromatic nitrogens is 6. The van der Waals surface area contributed by atoms with Crippen molar-refractivity contribution in [3.05, 3.63) is 42.4 Å². The van der Waals surface area contributed by atoms with Crippen molar-refractivity contribution in [2.45, 2.75) is 64.5 Å². The minimum absolute atomic E-state index is 0.0223. The number of fused-ring (bicyclic) bond motifs is 1. The van der Waals surface area contributed by atoms with Crippen LogP contribution in [0.5, 0.6) is 11.5 Å². The third-order valence-electron chi connectivity index (χ3n) is 6.49. The summed E-state index contributed by atoms with van der Waals surface area (Å²) in [5, 5.41) is 21.3. The Labute approximate surface area is 214 Å². The first-order valence-corrected chi connectivity index (χ1v) is 12.4. The van der Waals surface area contributed by atoms with Crippen LogP contribution in [0.2, 0.25) is 0 Å². The number of aliphatic hydroxyl groups excluding tert-OH is 1. The van der Waals surface area contributed by atoms with Crippen molar-refractivity contribution >= 4 is 34.7 Å². The molecule has 2 atom stereocenters. The van der Waals surface area contributed by atoms with Gasteiger partial charge in [-0.15, -0.1) is 0 Å². The summed E-state index contributed by atoms with van der Waals surface area (Å²) in [6.07, 6.45) is 5.48. The number of anilines is 3. The van der Waals surface area contributed by atoms with Gasteiger partial charge in [0.25, 0.3) is 0 Å². The predicted molar refractivity (Wildman–Crippen MR) is 140 cm³/mol. The van der Waals surface area contributed by atoms with Gasteiger partial charge < -0.3 is 25.0 Å². The van der Waals surface area contributed by atoms with E-state index in [0.29, 0.717) is 34.7 Å². The quantitative estimate of drug-likeness (QED) is 0.351. The van der Waals surface area contributed by atoms with E-state index in [-0.39, 0.29) is 23.5 Å². The number of hydrogen-bond donors (Lipinski definition) is 3. The van der Waals surface area contributed by atoms with Crippen molar-refractivity contribution in [1.82, 2.24) is 29.3 Å². The second-order valence-electron chi connectivity index (χ2n) is 10.5. The number of nitrogens with one attached hydrogen (secondary N) is 2. The van der Waals surface area contributed by atoms with Gasteiger partial charge in [0.2, 0.25) is 11.9 Å². The van der Waals surface area contributed by atoms with E-state index in [1.54, 1.807) is 24.5 Å². The molecule has 1 saturated carbocycles. The summed E-state index contributed by atoms with van der Waals surface area (Å²) in [5.74, 6) is 2.51. The lowest BCUT2D eigenvalue weighted by Crippen LogP contribution is -2.26. The Morgan fingerprint density at radius 3 is 2.65 bits per heavy atom. The van der Waals surface area contributed by atoms with Gasteiger partial charge in [0.1, 0.15) is 17.3 Å². The molecule has 1 amide bonds. The summed E-state index contributed by atoms with van der Waals surface area (Å²) in [4.78, 5) is 24.5. The van der Waals surface area contributed by atoms with Crippen molar-refractivity contribution in [3.63, 3.8) is 0 Å². The maximum atomic E-state index is 11.3. The number of imidazole rings is 1. The van der Waals surface area contributed by atoms with Gasteiger partial charge in [0, 0.05) is 49.5 Å². The monoisotopic (exact) mass is 504 g/mol. The fourth-order valence-electron chi connectivity index (χ4n) is 4.67. The molecule has 3 N–H and O–H groups in total. The average molecular weight is 505 g/mol. The maximum absolute atomic E-state index is 11.3. The summed E-state index contributed by atoms with van der Waals surface area (Å²) in [5.41, 5.74) is 2.26. The predicted octanol–water partition coefficient (Wildman–Crippen LogP) is 4.44. The van der Waals surface area contributed by atoms with Crippen LogP contribution in [0.15, 0.2) is 36.7 Å². The van der Waals surface area contributed by atoms with Gasteiger partial charge in [-0.25, -0.2) is 9.97 Å². The van der Waals surface area contributed by atoms with Crippen LogP contribution in [0.4, 0.5) is 17.6 Å². The molecule has 194 valence electrons. The second kappa shape index (κ2) is 9.47. The Kier molecular flexibility index (Phi) is 6.32. The number of aliphatic hydroxyl groups is 1. The number of rotatable bonds is 6. The van der Waals surface area contributed by atoms with E-state index >= 15 is 0 Å². The first kappa shape index (κ1) is 24.7. The second-order valence-corrected chi connectivity index (χ2v) is 10.5. The average Bonchev–Trinajstić information content (AvgIpc) is 3.51. The number of nitrogens with zero attached hydrogens (tertiary/aromatic N) is 6. The molecule has 0 aliphatic heterocycles. The Bertz CT molecular complexity index is 1450. The van der Waals surface area contributed by atoms with Gasteiger partial charge in [-0.05, 0) is 25.3 Å². The third kappa shape index (κ3) is 5.12. The Hall–Kier alpha value is -3.99. The van der Waals surface area contributed by atoms with Gasteiger partial charge in [0.05, 0.1) is 23.9 Å². The minimum atomic E-state index is -0.387. The minimum Gasteiger partial charge on any atom is -0.455 e. The molecule has 4 aromatic rings. The SMILES string of the molecule is CC(=O)Nc1cc(Oc2cnc3nc(Nc4cc(C(C)(C)C)n([C@@H]5CCC[C@H]5O)n4)n(C)c3c2)ccn1. The molecule has 0 radical (unpaired) electrons. The molecule has 1 aliphatic carbocycles. The van der Waals surface area contributed by atoms with E-state index in [1.165, 1.54) is 6.92 Å². The van der Waals surface area contributed by atoms with Gasteiger partial charge in [-0.3, -0.25) is 9.48 Å². The first-order valence-electron chi connectivity index (χ1n) is 12.4. The standard InChI is InChI=1S/C26H32N8O3/c1-15(35)29-22-12-16(9-10-27-22)37-17-11-19-24(28-14-17)31-25(33(19)5)30-23-13-21(26(2,3)4)34(32-23)18-7-6-8-20(18)36/h9-14,18,20,36H,6-8H2,1-5H3,(H,27,29,35)(H,28,30,31,32)/t18-,20-/m1/s1. The lowest BCUT2D eigenvalue weighted by molar-refractivity contribution is -0.114. The maximum Gasteiger partial charge on any atom is 0.222 e. The molecule has 4 heterocycles. The number of carbonyl (C=O) groups is 1. The summed E-state index contributed by atoms with van der Waals surface area (Å²) < 4.78 is 9.84. The lowest BCUT2D eigenvalue weighted by atomic mass is 9.91. The number of aryl methyl sites for hydroxylation is 1.